The highest BCUT2D eigenvalue weighted by atomic mass is 14.7. The van der Waals surface area contributed by atoms with Gasteiger partial charge in [0, 0.05) is 0 Å². The van der Waals surface area contributed by atoms with Crippen LogP contribution in [0.2, 0.25) is 0 Å². The van der Waals surface area contributed by atoms with E-state index in [-0.39, 0.29) is 0 Å². The minimum absolute atomic E-state index is 2.00. The first-order chi connectivity index (χ1) is 4.33. The Morgan fingerprint density at radius 3 is 1.00 bits per heavy atom. The molecule has 0 bridgehead atoms. The molecule has 0 aromatic heterocycles. The molecule has 0 rings (SSSR count). The van der Waals surface area contributed by atoms with Crippen molar-refractivity contribution in [2.75, 3.05) is 14.1 Å². The summed E-state index contributed by atoms with van der Waals surface area (Å²) in [5.41, 5.74) is 0. The molecule has 0 saturated carbocycles. The molecule has 1 nitrogen and oxygen atoms in total. The van der Waals surface area contributed by atoms with Crippen LogP contribution >= 0.6 is 0 Å². The van der Waals surface area contributed by atoms with E-state index in [1.54, 1.807) is 0 Å². The first kappa shape index (κ1) is 15.9. The predicted molar refractivity (Wildman–Crippen MR) is 45.6 cm³/mol. The Bertz CT molecular complexity index is 27.5. The highest BCUT2D eigenvalue weighted by Gasteiger charge is 1.34. The Hall–Kier alpha value is -0.300. The van der Waals surface area contributed by atoms with Crippen LogP contribution in [0.3, 0.4) is 0 Å². The second kappa shape index (κ2) is 47.4. The summed E-state index contributed by atoms with van der Waals surface area (Å²) in [5, 5.41) is 2.00. The van der Waals surface area contributed by atoms with Gasteiger partial charge in [0.15, 0.2) is 0 Å². The van der Waals surface area contributed by atoms with Crippen molar-refractivity contribution in [2.24, 2.45) is 0 Å². The average Bonchev–Trinajstić information content (AvgIpc) is 1.94. The molecule has 0 radical (unpaired) electrons. The fraction of sp³-hybridized carbons (Fsp3) is 0.750. The molecule has 2 N–H and O–H groups in total. The van der Waals surface area contributed by atoms with Crippen LogP contribution in [0.4, 0.5) is 0 Å². The quantitative estimate of drug-likeness (QED) is 0.480. The molecule has 0 aliphatic carbocycles. The molecule has 0 heterocycles. The maximum atomic E-state index is 2.00. The third-order valence-corrected chi connectivity index (χ3v) is 0.333. The molecule has 0 unspecified atom stereocenters. The van der Waals surface area contributed by atoms with Crippen LogP contribution in [0.1, 0.15) is 27.7 Å². The van der Waals surface area contributed by atoms with Gasteiger partial charge >= 0.3 is 0 Å². The van der Waals surface area contributed by atoms with E-state index in [2.05, 4.69) is 0 Å². The molecule has 0 spiro atoms. The van der Waals surface area contributed by atoms with Gasteiger partial charge in [-0.15, -0.1) is 0 Å². The molecule has 0 aliphatic heterocycles. The van der Waals surface area contributed by atoms with Gasteiger partial charge in [-0.3, -0.25) is 0 Å². The third-order valence-electron chi connectivity index (χ3n) is 0.333. The summed E-state index contributed by atoms with van der Waals surface area (Å²) in [6.45, 7) is 8.00. The summed E-state index contributed by atoms with van der Waals surface area (Å²) in [5.74, 6) is 0. The van der Waals surface area contributed by atoms with E-state index in [1.807, 2.05) is 59.3 Å². The standard InChI is InChI=1S/C4H8.C2H7N.C2H6/c1-3-4-2;1-3-2;1-2/h3-4H,1-2H3;3H,1-2H3;1-2H3/p+1/b4-3-;;. The van der Waals surface area contributed by atoms with Crippen molar-refractivity contribution in [1.82, 2.24) is 0 Å². The van der Waals surface area contributed by atoms with E-state index in [4.69, 9.17) is 0 Å². The number of nitrogens with two attached hydrogens (primary N) is 1. The average molecular weight is 132 g/mol. The molecule has 58 valence electrons. The lowest BCUT2D eigenvalue weighted by atomic mass is 10.6. The second-order valence-electron chi connectivity index (χ2n) is 1.24. The van der Waals surface area contributed by atoms with E-state index in [9.17, 15) is 0 Å². The molecule has 9 heavy (non-hydrogen) atoms. The van der Waals surface area contributed by atoms with E-state index in [1.165, 1.54) is 0 Å². The predicted octanol–water partition coefficient (Wildman–Crippen LogP) is 1.42. The van der Waals surface area contributed by atoms with Crippen molar-refractivity contribution < 1.29 is 5.32 Å². The van der Waals surface area contributed by atoms with Gasteiger partial charge in [0.2, 0.25) is 0 Å². The number of hydrogen-bond donors (Lipinski definition) is 1. The van der Waals surface area contributed by atoms with E-state index < -0.39 is 0 Å². The van der Waals surface area contributed by atoms with Gasteiger partial charge in [-0.2, -0.15) is 0 Å². The molecule has 0 aromatic carbocycles. The van der Waals surface area contributed by atoms with Crippen LogP contribution in [0.5, 0.6) is 0 Å². The molecule has 0 fully saturated rings. The fourth-order valence-electron chi connectivity index (χ4n) is 0. The van der Waals surface area contributed by atoms with Crippen molar-refractivity contribution in [1.29, 1.82) is 0 Å². The lowest BCUT2D eigenvalue weighted by Crippen LogP contribution is -2.74. The highest BCUT2D eigenvalue weighted by Crippen LogP contribution is 1.57. The van der Waals surface area contributed by atoms with Crippen molar-refractivity contribution in [3.05, 3.63) is 12.2 Å². The molecule has 0 aliphatic rings. The zero-order valence-electron chi connectivity index (χ0n) is 7.73. The van der Waals surface area contributed by atoms with Crippen LogP contribution in [0.15, 0.2) is 12.2 Å². The Morgan fingerprint density at radius 2 is 1.00 bits per heavy atom. The zero-order chi connectivity index (χ0) is 8.12. The SMILES string of the molecule is C/C=C\C.CC.C[NH2+]C. The normalized spacial score (nSPS) is 6.89. The Kier molecular flexibility index (Phi) is 83.6. The van der Waals surface area contributed by atoms with Crippen LogP contribution in [0, 0.1) is 0 Å². The summed E-state index contributed by atoms with van der Waals surface area (Å²) >= 11 is 0. The number of quaternary nitrogens is 1. The first-order valence-electron chi connectivity index (χ1n) is 3.64. The molecule has 0 saturated heterocycles. The highest BCUT2D eigenvalue weighted by molar-refractivity contribution is 4.68. The molecule has 0 aromatic rings. The van der Waals surface area contributed by atoms with Gasteiger partial charge in [0.05, 0.1) is 14.1 Å². The Balaban J connectivity index is -0.0000000646. The summed E-state index contributed by atoms with van der Waals surface area (Å²) < 4.78 is 0. The fourth-order valence-corrected chi connectivity index (χ4v) is 0. The van der Waals surface area contributed by atoms with Crippen molar-refractivity contribution in [3.63, 3.8) is 0 Å². The Labute approximate surface area is 60.2 Å². The summed E-state index contributed by atoms with van der Waals surface area (Å²) in [7, 11) is 4.00. The molecular weight excluding hydrogens is 110 g/mol. The van der Waals surface area contributed by atoms with Crippen LogP contribution in [0.25, 0.3) is 0 Å². The summed E-state index contributed by atoms with van der Waals surface area (Å²) in [6, 6.07) is 0. The molecule has 1 heteroatoms. The largest absolute Gasteiger partial charge is 0.351 e. The first-order valence-corrected chi connectivity index (χ1v) is 3.64. The summed E-state index contributed by atoms with van der Waals surface area (Å²) in [4.78, 5) is 0. The summed E-state index contributed by atoms with van der Waals surface area (Å²) in [6.07, 6.45) is 4.00. The lowest BCUT2D eigenvalue weighted by molar-refractivity contribution is -0.597. The molecule has 0 atom stereocenters. The maximum Gasteiger partial charge on any atom is 0.0647 e. The van der Waals surface area contributed by atoms with Gasteiger partial charge in [-0.05, 0) is 13.8 Å². The molecular formula is C8H22N+. The number of rotatable bonds is 0. The second-order valence-corrected chi connectivity index (χ2v) is 1.24. The van der Waals surface area contributed by atoms with Crippen LogP contribution in [-0.4, -0.2) is 14.1 Å². The topological polar surface area (TPSA) is 16.6 Å². The van der Waals surface area contributed by atoms with E-state index >= 15 is 0 Å². The monoisotopic (exact) mass is 132 g/mol. The smallest absolute Gasteiger partial charge is 0.0647 e. The van der Waals surface area contributed by atoms with Crippen molar-refractivity contribution >= 4 is 0 Å². The Morgan fingerprint density at radius 1 is 0.889 bits per heavy atom. The minimum atomic E-state index is 2.00. The van der Waals surface area contributed by atoms with Crippen LogP contribution in [-0.2, 0) is 0 Å². The van der Waals surface area contributed by atoms with Crippen LogP contribution < -0.4 is 5.32 Å². The van der Waals surface area contributed by atoms with Gasteiger partial charge in [-0.25, -0.2) is 0 Å². The van der Waals surface area contributed by atoms with Crippen molar-refractivity contribution in [2.45, 2.75) is 27.7 Å². The van der Waals surface area contributed by atoms with E-state index in [0.29, 0.717) is 0 Å². The minimum Gasteiger partial charge on any atom is -0.351 e. The van der Waals surface area contributed by atoms with Gasteiger partial charge in [0.1, 0.15) is 0 Å². The van der Waals surface area contributed by atoms with Gasteiger partial charge < -0.3 is 5.32 Å². The zero-order valence-corrected chi connectivity index (χ0v) is 7.73. The molecule has 0 amide bonds. The van der Waals surface area contributed by atoms with Gasteiger partial charge in [0.25, 0.3) is 0 Å². The lowest BCUT2D eigenvalue weighted by Gasteiger charge is -1.57. The van der Waals surface area contributed by atoms with Gasteiger partial charge in [-0.1, -0.05) is 26.0 Å². The van der Waals surface area contributed by atoms with Crippen molar-refractivity contribution in [3.8, 4) is 0 Å². The third kappa shape index (κ3) is 511. The number of hydrogen-bond acceptors (Lipinski definition) is 0. The van der Waals surface area contributed by atoms with E-state index in [0.717, 1.165) is 0 Å². The number of allylic oxidation sites excluding steroid dienone is 2. The maximum absolute atomic E-state index is 2.00.